The molecule has 3 rings (SSSR count). The molecule has 0 fully saturated rings. The van der Waals surface area contributed by atoms with Crippen molar-refractivity contribution in [1.29, 1.82) is 0 Å². The van der Waals surface area contributed by atoms with Crippen LogP contribution in [0.3, 0.4) is 0 Å². The molecule has 2 N–H and O–H groups in total. The van der Waals surface area contributed by atoms with Gasteiger partial charge in [0.05, 0.1) is 27.2 Å². The Bertz CT molecular complexity index is 1210. The van der Waals surface area contributed by atoms with Gasteiger partial charge in [0.25, 0.3) is 10.0 Å². The second kappa shape index (κ2) is 10.7. The van der Waals surface area contributed by atoms with Gasteiger partial charge in [0, 0.05) is 16.9 Å². The van der Waals surface area contributed by atoms with Crippen LogP contribution in [0.1, 0.15) is 12.5 Å². The third-order valence-corrected chi connectivity index (χ3v) is 6.10. The summed E-state index contributed by atoms with van der Waals surface area (Å²) in [5.74, 6) is 1.08. The minimum Gasteiger partial charge on any atom is -0.496 e. The second-order valence-corrected chi connectivity index (χ2v) is 8.62. The summed E-state index contributed by atoms with van der Waals surface area (Å²) < 4.78 is 44.5. The molecule has 3 aromatic rings. The standard InChI is InChI=1S/C24H26N2O6S/c1-4-32-20-12-9-18(10-13-20)26-33(28,29)23-16-19(11-14-22(23)31-3)25-24(27)15-17-7-5-6-8-21(17)30-2/h5-14,16,26H,4,15H2,1-3H3,(H,25,27). The largest absolute Gasteiger partial charge is 0.496 e. The minimum absolute atomic E-state index is 0.0720. The van der Waals surface area contributed by atoms with E-state index in [2.05, 4.69) is 10.0 Å². The highest BCUT2D eigenvalue weighted by Crippen LogP contribution is 2.29. The molecule has 1 amide bonds. The van der Waals surface area contributed by atoms with Gasteiger partial charge in [0.2, 0.25) is 5.91 Å². The number of hydrogen-bond donors (Lipinski definition) is 2. The maximum atomic E-state index is 13.1. The summed E-state index contributed by atoms with van der Waals surface area (Å²) in [6.07, 6.45) is 0.0720. The zero-order chi connectivity index (χ0) is 23.8. The Morgan fingerprint density at radius 3 is 2.21 bits per heavy atom. The van der Waals surface area contributed by atoms with Crippen molar-refractivity contribution in [1.82, 2.24) is 0 Å². The number of carbonyl (C=O) groups excluding carboxylic acids is 1. The van der Waals surface area contributed by atoms with Crippen molar-refractivity contribution in [2.45, 2.75) is 18.2 Å². The number of ether oxygens (including phenoxy) is 3. The quantitative estimate of drug-likeness (QED) is 0.463. The van der Waals surface area contributed by atoms with Gasteiger partial charge in [-0.25, -0.2) is 8.42 Å². The monoisotopic (exact) mass is 470 g/mol. The topological polar surface area (TPSA) is 103 Å². The van der Waals surface area contributed by atoms with Crippen LogP contribution in [0.4, 0.5) is 11.4 Å². The lowest BCUT2D eigenvalue weighted by molar-refractivity contribution is -0.115. The molecule has 174 valence electrons. The lowest BCUT2D eigenvalue weighted by atomic mass is 10.1. The highest BCUT2D eigenvalue weighted by Gasteiger charge is 2.21. The Morgan fingerprint density at radius 1 is 0.879 bits per heavy atom. The van der Waals surface area contributed by atoms with Gasteiger partial charge in [-0.15, -0.1) is 0 Å². The maximum Gasteiger partial charge on any atom is 0.265 e. The van der Waals surface area contributed by atoms with Crippen molar-refractivity contribution in [2.24, 2.45) is 0 Å². The van der Waals surface area contributed by atoms with Crippen LogP contribution in [-0.4, -0.2) is 35.2 Å². The summed E-state index contributed by atoms with van der Waals surface area (Å²) >= 11 is 0. The van der Waals surface area contributed by atoms with Crippen molar-refractivity contribution in [3.05, 3.63) is 72.3 Å². The van der Waals surface area contributed by atoms with Gasteiger partial charge in [-0.2, -0.15) is 0 Å². The molecule has 0 spiro atoms. The van der Waals surface area contributed by atoms with E-state index in [9.17, 15) is 13.2 Å². The number of amides is 1. The fraction of sp³-hybridized carbons (Fsp3) is 0.208. The van der Waals surface area contributed by atoms with Crippen molar-refractivity contribution >= 4 is 27.3 Å². The number of para-hydroxylation sites is 1. The number of methoxy groups -OCH3 is 2. The molecule has 8 nitrogen and oxygen atoms in total. The number of anilines is 2. The Labute approximate surface area is 193 Å². The van der Waals surface area contributed by atoms with Crippen LogP contribution >= 0.6 is 0 Å². The van der Waals surface area contributed by atoms with Crippen LogP contribution in [0.25, 0.3) is 0 Å². The molecule has 0 radical (unpaired) electrons. The lowest BCUT2D eigenvalue weighted by Crippen LogP contribution is -2.17. The summed E-state index contributed by atoms with van der Waals surface area (Å²) in [7, 11) is -1.08. The Hall–Kier alpha value is -3.72. The zero-order valence-electron chi connectivity index (χ0n) is 18.6. The molecule has 0 atom stereocenters. The number of hydrogen-bond acceptors (Lipinski definition) is 6. The van der Waals surface area contributed by atoms with E-state index < -0.39 is 10.0 Å². The van der Waals surface area contributed by atoms with Gasteiger partial charge in [-0.3, -0.25) is 9.52 Å². The summed E-state index contributed by atoms with van der Waals surface area (Å²) in [5.41, 5.74) is 1.41. The van der Waals surface area contributed by atoms with E-state index in [0.29, 0.717) is 29.5 Å². The predicted molar refractivity (Wildman–Crippen MR) is 127 cm³/mol. The van der Waals surface area contributed by atoms with Crippen molar-refractivity contribution < 1.29 is 27.4 Å². The van der Waals surface area contributed by atoms with Gasteiger partial charge >= 0.3 is 0 Å². The Morgan fingerprint density at radius 2 is 1.55 bits per heavy atom. The van der Waals surface area contributed by atoms with Crippen molar-refractivity contribution in [3.8, 4) is 17.2 Å². The van der Waals surface area contributed by atoms with Gasteiger partial charge in [-0.05, 0) is 55.5 Å². The fourth-order valence-corrected chi connectivity index (χ4v) is 4.44. The van der Waals surface area contributed by atoms with Gasteiger partial charge < -0.3 is 19.5 Å². The number of nitrogens with one attached hydrogen (secondary N) is 2. The maximum absolute atomic E-state index is 13.1. The molecule has 0 unspecified atom stereocenters. The van der Waals surface area contributed by atoms with E-state index in [-0.39, 0.29) is 23.0 Å². The molecule has 0 aliphatic heterocycles. The SMILES string of the molecule is CCOc1ccc(NS(=O)(=O)c2cc(NC(=O)Cc3ccccc3OC)ccc2OC)cc1. The van der Waals surface area contributed by atoms with E-state index in [1.165, 1.54) is 26.4 Å². The lowest BCUT2D eigenvalue weighted by Gasteiger charge is -2.14. The molecule has 0 aliphatic carbocycles. The Kier molecular flexibility index (Phi) is 7.78. The Balaban J connectivity index is 1.80. The third-order valence-electron chi connectivity index (χ3n) is 4.70. The molecular weight excluding hydrogens is 444 g/mol. The van der Waals surface area contributed by atoms with Crippen LogP contribution in [0, 0.1) is 0 Å². The first kappa shape index (κ1) is 23.9. The molecule has 0 bridgehead atoms. The van der Waals surface area contributed by atoms with Crippen LogP contribution in [0.15, 0.2) is 71.6 Å². The van der Waals surface area contributed by atoms with E-state index in [1.54, 1.807) is 42.5 Å². The molecule has 0 aromatic heterocycles. The zero-order valence-corrected chi connectivity index (χ0v) is 19.4. The molecule has 0 saturated heterocycles. The number of benzene rings is 3. The summed E-state index contributed by atoms with van der Waals surface area (Å²) in [6, 6.07) is 18.2. The molecule has 3 aromatic carbocycles. The second-order valence-electron chi connectivity index (χ2n) is 6.97. The van der Waals surface area contributed by atoms with Gasteiger partial charge in [0.1, 0.15) is 22.1 Å². The van der Waals surface area contributed by atoms with E-state index >= 15 is 0 Å². The first-order valence-corrected chi connectivity index (χ1v) is 11.7. The minimum atomic E-state index is -4.00. The normalized spacial score (nSPS) is 10.9. The summed E-state index contributed by atoms with van der Waals surface area (Å²) in [4.78, 5) is 12.5. The third kappa shape index (κ3) is 6.17. The van der Waals surface area contributed by atoms with E-state index in [0.717, 1.165) is 5.56 Å². The number of rotatable bonds is 10. The fourth-order valence-electron chi connectivity index (χ4n) is 3.19. The first-order chi connectivity index (χ1) is 15.9. The van der Waals surface area contributed by atoms with Gasteiger partial charge in [0.15, 0.2) is 0 Å². The van der Waals surface area contributed by atoms with E-state index in [1.807, 2.05) is 19.1 Å². The molecule has 0 heterocycles. The molecule has 9 heteroatoms. The molecule has 33 heavy (non-hydrogen) atoms. The van der Waals surface area contributed by atoms with Crippen LogP contribution in [0.5, 0.6) is 17.2 Å². The van der Waals surface area contributed by atoms with Crippen molar-refractivity contribution in [2.75, 3.05) is 30.9 Å². The average Bonchev–Trinajstić information content (AvgIpc) is 2.80. The summed E-state index contributed by atoms with van der Waals surface area (Å²) in [6.45, 7) is 2.38. The molecule has 0 saturated carbocycles. The van der Waals surface area contributed by atoms with Crippen LogP contribution in [0.2, 0.25) is 0 Å². The first-order valence-electron chi connectivity index (χ1n) is 10.2. The van der Waals surface area contributed by atoms with Crippen LogP contribution < -0.4 is 24.2 Å². The highest BCUT2D eigenvalue weighted by atomic mass is 32.2. The highest BCUT2D eigenvalue weighted by molar-refractivity contribution is 7.92. The van der Waals surface area contributed by atoms with Gasteiger partial charge in [-0.1, -0.05) is 18.2 Å². The van der Waals surface area contributed by atoms with E-state index in [4.69, 9.17) is 14.2 Å². The smallest absolute Gasteiger partial charge is 0.265 e. The number of carbonyl (C=O) groups is 1. The molecule has 0 aliphatic rings. The predicted octanol–water partition coefficient (Wildman–Crippen LogP) is 4.08. The van der Waals surface area contributed by atoms with Crippen molar-refractivity contribution in [3.63, 3.8) is 0 Å². The number of sulfonamides is 1. The summed E-state index contributed by atoms with van der Waals surface area (Å²) in [5, 5.41) is 2.73. The average molecular weight is 471 g/mol. The van der Waals surface area contributed by atoms with Crippen LogP contribution in [-0.2, 0) is 21.2 Å². The molecular formula is C24H26N2O6S.